The van der Waals surface area contributed by atoms with Crippen molar-refractivity contribution in [2.45, 2.75) is 39.7 Å². The summed E-state index contributed by atoms with van der Waals surface area (Å²) >= 11 is 4.99. The summed E-state index contributed by atoms with van der Waals surface area (Å²) in [6, 6.07) is 6.77. The van der Waals surface area contributed by atoms with E-state index in [1.54, 1.807) is 0 Å². The number of thiocarbonyl (C=S) groups is 1. The Labute approximate surface area is 110 Å². The maximum absolute atomic E-state index is 5.64. The van der Waals surface area contributed by atoms with Crippen LogP contribution in [0.4, 0.5) is 5.69 Å². The standard InChI is InChI=1S/C14H22N2S/c1-5-12(6-2)16(4)13-8-7-11(14(15)17)9-10(13)3/h7-9,12H,5-6H2,1-4H3,(H2,15,17). The Hall–Kier alpha value is -1.09. The number of nitrogens with two attached hydrogens (primary N) is 1. The fourth-order valence-electron chi connectivity index (χ4n) is 2.24. The predicted molar refractivity (Wildman–Crippen MR) is 79.8 cm³/mol. The van der Waals surface area contributed by atoms with E-state index in [1.165, 1.54) is 11.3 Å². The van der Waals surface area contributed by atoms with E-state index in [2.05, 4.69) is 44.9 Å². The van der Waals surface area contributed by atoms with E-state index >= 15 is 0 Å². The molecular weight excluding hydrogens is 228 g/mol. The van der Waals surface area contributed by atoms with Crippen molar-refractivity contribution in [3.63, 3.8) is 0 Å². The zero-order valence-corrected chi connectivity index (χ0v) is 12.0. The summed E-state index contributed by atoms with van der Waals surface area (Å²) < 4.78 is 0. The number of aryl methyl sites for hydroxylation is 1. The van der Waals surface area contributed by atoms with Crippen LogP contribution in [0.25, 0.3) is 0 Å². The van der Waals surface area contributed by atoms with Gasteiger partial charge in [0.25, 0.3) is 0 Å². The van der Waals surface area contributed by atoms with Crippen LogP contribution in [0.2, 0.25) is 0 Å². The minimum atomic E-state index is 0.463. The first kappa shape index (κ1) is 14.0. The van der Waals surface area contributed by atoms with Crippen LogP contribution in [0.15, 0.2) is 18.2 Å². The third kappa shape index (κ3) is 3.19. The first-order valence-corrected chi connectivity index (χ1v) is 6.55. The molecule has 1 rings (SSSR count). The van der Waals surface area contributed by atoms with Gasteiger partial charge in [-0.15, -0.1) is 0 Å². The number of benzene rings is 1. The molecule has 17 heavy (non-hydrogen) atoms. The Kier molecular flexibility index (Phi) is 4.94. The summed E-state index contributed by atoms with van der Waals surface area (Å²) in [7, 11) is 2.15. The van der Waals surface area contributed by atoms with E-state index in [0.717, 1.165) is 18.4 Å². The van der Waals surface area contributed by atoms with Crippen LogP contribution in [0.3, 0.4) is 0 Å². The molecule has 0 amide bonds. The molecule has 2 nitrogen and oxygen atoms in total. The minimum Gasteiger partial charge on any atom is -0.389 e. The lowest BCUT2D eigenvalue weighted by Gasteiger charge is -2.30. The summed E-state index contributed by atoms with van der Waals surface area (Å²) in [5.74, 6) is 0. The van der Waals surface area contributed by atoms with Crippen LogP contribution >= 0.6 is 12.2 Å². The molecule has 3 heteroatoms. The van der Waals surface area contributed by atoms with E-state index in [-0.39, 0.29) is 0 Å². The molecule has 1 aromatic rings. The van der Waals surface area contributed by atoms with Gasteiger partial charge >= 0.3 is 0 Å². The Morgan fingerprint density at radius 1 is 1.35 bits per heavy atom. The van der Waals surface area contributed by atoms with Crippen LogP contribution in [-0.4, -0.2) is 18.1 Å². The maximum atomic E-state index is 5.64. The SMILES string of the molecule is CCC(CC)N(C)c1ccc(C(N)=S)cc1C. The molecule has 0 aromatic heterocycles. The van der Waals surface area contributed by atoms with Gasteiger partial charge in [-0.2, -0.15) is 0 Å². The molecule has 0 heterocycles. The molecule has 94 valence electrons. The highest BCUT2D eigenvalue weighted by Crippen LogP contribution is 2.24. The van der Waals surface area contributed by atoms with Gasteiger partial charge in [-0.25, -0.2) is 0 Å². The lowest BCUT2D eigenvalue weighted by molar-refractivity contribution is 0.591. The lowest BCUT2D eigenvalue weighted by atomic mass is 10.1. The van der Waals surface area contributed by atoms with Crippen LogP contribution in [-0.2, 0) is 0 Å². The van der Waals surface area contributed by atoms with Gasteiger partial charge in [0.15, 0.2) is 0 Å². The molecule has 0 radical (unpaired) electrons. The Bertz CT molecular complexity index is 397. The molecule has 1 aromatic carbocycles. The molecule has 0 aliphatic heterocycles. The van der Waals surface area contributed by atoms with Gasteiger partial charge in [0.2, 0.25) is 0 Å². The highest BCUT2D eigenvalue weighted by molar-refractivity contribution is 7.80. The van der Waals surface area contributed by atoms with Crippen molar-refractivity contribution in [1.82, 2.24) is 0 Å². The number of anilines is 1. The average molecular weight is 250 g/mol. The lowest BCUT2D eigenvalue weighted by Crippen LogP contribution is -2.31. The summed E-state index contributed by atoms with van der Waals surface area (Å²) in [5.41, 5.74) is 9.07. The second kappa shape index (κ2) is 6.01. The molecule has 0 unspecified atom stereocenters. The molecule has 0 aliphatic carbocycles. The average Bonchev–Trinajstić information content (AvgIpc) is 2.30. The van der Waals surface area contributed by atoms with E-state index in [4.69, 9.17) is 18.0 Å². The third-order valence-electron chi connectivity index (χ3n) is 3.35. The second-order valence-electron chi connectivity index (χ2n) is 4.45. The summed E-state index contributed by atoms with van der Waals surface area (Å²) in [6.07, 6.45) is 2.31. The van der Waals surface area contributed by atoms with Crippen molar-refractivity contribution in [1.29, 1.82) is 0 Å². The summed E-state index contributed by atoms with van der Waals surface area (Å²) in [5, 5.41) is 0. The van der Waals surface area contributed by atoms with Crippen LogP contribution in [0.1, 0.15) is 37.8 Å². The molecule has 0 spiro atoms. The number of rotatable bonds is 5. The minimum absolute atomic E-state index is 0.463. The van der Waals surface area contributed by atoms with Crippen LogP contribution < -0.4 is 10.6 Å². The highest BCUT2D eigenvalue weighted by atomic mass is 32.1. The zero-order valence-electron chi connectivity index (χ0n) is 11.2. The van der Waals surface area contributed by atoms with E-state index in [1.807, 2.05) is 6.07 Å². The second-order valence-corrected chi connectivity index (χ2v) is 4.89. The number of hydrogen-bond donors (Lipinski definition) is 1. The molecular formula is C14H22N2S. The normalized spacial score (nSPS) is 10.6. The van der Waals surface area contributed by atoms with Crippen molar-refractivity contribution in [2.24, 2.45) is 5.73 Å². The van der Waals surface area contributed by atoms with Gasteiger partial charge < -0.3 is 10.6 Å². The summed E-state index contributed by atoms with van der Waals surface area (Å²) in [6.45, 7) is 6.56. The third-order valence-corrected chi connectivity index (χ3v) is 3.59. The Morgan fingerprint density at radius 3 is 2.35 bits per heavy atom. The van der Waals surface area contributed by atoms with Gasteiger partial charge in [0.1, 0.15) is 4.99 Å². The topological polar surface area (TPSA) is 29.3 Å². The van der Waals surface area contributed by atoms with E-state index in [9.17, 15) is 0 Å². The monoisotopic (exact) mass is 250 g/mol. The van der Waals surface area contributed by atoms with Gasteiger partial charge in [-0.05, 0) is 43.5 Å². The molecule has 0 bridgehead atoms. The Morgan fingerprint density at radius 2 is 1.94 bits per heavy atom. The van der Waals surface area contributed by atoms with E-state index < -0.39 is 0 Å². The largest absolute Gasteiger partial charge is 0.389 e. The smallest absolute Gasteiger partial charge is 0.103 e. The first-order chi connectivity index (χ1) is 8.01. The summed E-state index contributed by atoms with van der Waals surface area (Å²) in [4.78, 5) is 2.81. The number of nitrogens with zero attached hydrogens (tertiary/aromatic N) is 1. The van der Waals surface area contributed by atoms with Crippen molar-refractivity contribution in [3.8, 4) is 0 Å². The Balaban J connectivity index is 3.03. The van der Waals surface area contributed by atoms with E-state index in [0.29, 0.717) is 11.0 Å². The van der Waals surface area contributed by atoms with Crippen molar-refractivity contribution in [3.05, 3.63) is 29.3 Å². The van der Waals surface area contributed by atoms with Crippen molar-refractivity contribution < 1.29 is 0 Å². The van der Waals surface area contributed by atoms with Gasteiger partial charge in [-0.3, -0.25) is 0 Å². The quantitative estimate of drug-likeness (QED) is 0.813. The molecule has 2 N–H and O–H groups in total. The van der Waals surface area contributed by atoms with Gasteiger partial charge in [0, 0.05) is 24.3 Å². The molecule has 0 saturated carbocycles. The van der Waals surface area contributed by atoms with Gasteiger partial charge in [-0.1, -0.05) is 26.1 Å². The van der Waals surface area contributed by atoms with Crippen LogP contribution in [0.5, 0.6) is 0 Å². The zero-order chi connectivity index (χ0) is 13.0. The maximum Gasteiger partial charge on any atom is 0.103 e. The molecule has 0 aliphatic rings. The predicted octanol–water partition coefficient (Wildman–Crippen LogP) is 3.25. The first-order valence-electron chi connectivity index (χ1n) is 6.14. The van der Waals surface area contributed by atoms with Crippen molar-refractivity contribution >= 4 is 22.9 Å². The highest BCUT2D eigenvalue weighted by Gasteiger charge is 2.13. The van der Waals surface area contributed by atoms with Gasteiger partial charge in [0.05, 0.1) is 0 Å². The molecule has 0 saturated heterocycles. The van der Waals surface area contributed by atoms with Crippen molar-refractivity contribution in [2.75, 3.05) is 11.9 Å². The fourth-order valence-corrected chi connectivity index (χ4v) is 2.36. The van der Waals surface area contributed by atoms with Crippen LogP contribution in [0, 0.1) is 6.92 Å². The molecule has 0 atom stereocenters. The molecule has 0 fully saturated rings. The fraction of sp³-hybridized carbons (Fsp3) is 0.500. The number of hydrogen-bond acceptors (Lipinski definition) is 2.